The first-order valence-electron chi connectivity index (χ1n) is 5.09. The molecule has 0 saturated carbocycles. The fourth-order valence-corrected chi connectivity index (χ4v) is 1.01. The molecule has 0 aliphatic rings. The van der Waals surface area contributed by atoms with Gasteiger partial charge in [0.15, 0.2) is 0 Å². The first-order valence-corrected chi connectivity index (χ1v) is 5.09. The van der Waals surface area contributed by atoms with Crippen molar-refractivity contribution in [3.8, 4) is 0 Å². The minimum Gasteiger partial charge on any atom is -0.550 e. The third-order valence-corrected chi connectivity index (χ3v) is 2.20. The van der Waals surface area contributed by atoms with Gasteiger partial charge in [0.25, 0.3) is 0 Å². The highest BCUT2D eigenvalue weighted by Gasteiger charge is 2.15. The number of carbonyl (C=O) groups excluding carboxylic acids is 2. The smallest absolute Gasteiger partial charge is 0.333 e. The van der Waals surface area contributed by atoms with Crippen molar-refractivity contribution in [3.05, 3.63) is 12.2 Å². The van der Waals surface area contributed by atoms with E-state index in [1.165, 1.54) is 0 Å². The van der Waals surface area contributed by atoms with Gasteiger partial charge < -0.3 is 19.1 Å². The summed E-state index contributed by atoms with van der Waals surface area (Å²) in [6.07, 6.45) is 0.00142. The Morgan fingerprint density at radius 2 is 1.82 bits per heavy atom. The summed E-state index contributed by atoms with van der Waals surface area (Å²) in [5.74, 6) is -1.48. The monoisotopic (exact) mass is 245 g/mol. The summed E-state index contributed by atoms with van der Waals surface area (Å²) < 4.78 is 5.40. The van der Waals surface area contributed by atoms with E-state index in [-0.39, 0.29) is 20.5 Å². The van der Waals surface area contributed by atoms with E-state index >= 15 is 0 Å². The summed E-state index contributed by atoms with van der Waals surface area (Å²) >= 11 is 0. The molecule has 0 aromatic heterocycles. The van der Waals surface area contributed by atoms with Crippen molar-refractivity contribution in [2.24, 2.45) is 0 Å². The van der Waals surface area contributed by atoms with Crippen molar-refractivity contribution in [1.29, 1.82) is 0 Å². The van der Waals surface area contributed by atoms with Crippen LogP contribution < -0.4 is 5.11 Å². The molecule has 0 spiro atoms. The third-order valence-electron chi connectivity index (χ3n) is 2.20. The molecule has 5 nitrogen and oxygen atoms in total. The lowest BCUT2D eigenvalue weighted by Gasteiger charge is -2.29. The predicted molar refractivity (Wildman–Crippen MR) is 64.0 cm³/mol. The van der Waals surface area contributed by atoms with Gasteiger partial charge in [-0.05, 0) is 6.92 Å². The highest BCUT2D eigenvalue weighted by Crippen LogP contribution is 2.00. The summed E-state index contributed by atoms with van der Waals surface area (Å²) in [6, 6.07) is 0. The van der Waals surface area contributed by atoms with Crippen LogP contribution in [-0.2, 0) is 14.3 Å². The van der Waals surface area contributed by atoms with Gasteiger partial charge in [-0.2, -0.15) is 0 Å². The van der Waals surface area contributed by atoms with Crippen LogP contribution in [0, 0.1) is 0 Å². The summed E-state index contributed by atoms with van der Waals surface area (Å²) in [5.41, 5.74) is 0.361. The molecule has 0 aromatic rings. The van der Waals surface area contributed by atoms with Gasteiger partial charge in [0.1, 0.15) is 13.2 Å². The van der Waals surface area contributed by atoms with Gasteiger partial charge in [-0.3, -0.25) is 0 Å². The first-order chi connectivity index (χ1) is 7.24. The molecule has 0 N–H and O–H groups in total. The Morgan fingerprint density at radius 3 is 2.24 bits per heavy atom. The normalized spacial score (nSPS) is 10.3. The summed E-state index contributed by atoms with van der Waals surface area (Å²) in [7, 11) is 3.75. The predicted octanol–water partition coefficient (Wildman–Crippen LogP) is -0.0418. The number of carboxylic acid groups (broad SMARTS) is 1. The zero-order valence-corrected chi connectivity index (χ0v) is 10.1. The number of rotatable bonds is 7. The zero-order chi connectivity index (χ0) is 12.8. The van der Waals surface area contributed by atoms with Crippen LogP contribution in [0.15, 0.2) is 12.2 Å². The molecule has 0 aliphatic carbocycles. The van der Waals surface area contributed by atoms with Crippen LogP contribution in [0.3, 0.4) is 0 Å². The Bertz CT molecular complexity index is 284. The van der Waals surface area contributed by atoms with Crippen molar-refractivity contribution in [2.45, 2.75) is 20.8 Å². The third kappa shape index (κ3) is 9.56. The number of ether oxygens (including phenoxy) is 1. The summed E-state index contributed by atoms with van der Waals surface area (Å²) in [4.78, 5) is 21.4. The molecule has 0 fully saturated rings. The Kier molecular flexibility index (Phi) is 8.31. The average Bonchev–Trinajstić information content (AvgIpc) is 2.14. The summed E-state index contributed by atoms with van der Waals surface area (Å²) in [6.45, 7) is 6.31. The quantitative estimate of drug-likeness (QED) is 0.358. The van der Waals surface area contributed by atoms with Gasteiger partial charge >= 0.3 is 5.97 Å². The lowest BCUT2D eigenvalue weighted by Crippen LogP contribution is -2.45. The highest BCUT2D eigenvalue weighted by atomic mass is 16.5. The van der Waals surface area contributed by atoms with Gasteiger partial charge in [-0.25, -0.2) is 4.79 Å². The maximum Gasteiger partial charge on any atom is 0.333 e. The van der Waals surface area contributed by atoms with Gasteiger partial charge in [0, 0.05) is 18.0 Å². The number of hydrogen-bond donors (Lipinski definition) is 0. The minimum atomic E-state index is -1.06. The second kappa shape index (κ2) is 7.84. The van der Waals surface area contributed by atoms with Crippen molar-refractivity contribution in [1.82, 2.24) is 0 Å². The number of carbonyl (C=O) groups is 2. The second-order valence-electron chi connectivity index (χ2n) is 4.42. The molecule has 17 heavy (non-hydrogen) atoms. The Morgan fingerprint density at radius 1 is 1.29 bits per heavy atom. The molecular weight excluding hydrogens is 222 g/mol. The molecule has 0 aromatic carbocycles. The minimum absolute atomic E-state index is 0. The molecule has 0 atom stereocenters. The van der Waals surface area contributed by atoms with Crippen LogP contribution in [0.25, 0.3) is 0 Å². The number of aliphatic carboxylic acids is 1. The highest BCUT2D eigenvalue weighted by molar-refractivity contribution is 5.86. The van der Waals surface area contributed by atoms with Crippen molar-refractivity contribution in [2.75, 3.05) is 33.8 Å². The number of carboxylic acids is 1. The van der Waals surface area contributed by atoms with E-state index in [1.54, 1.807) is 6.92 Å². The van der Waals surface area contributed by atoms with Gasteiger partial charge in [0.05, 0.1) is 20.6 Å². The van der Waals surface area contributed by atoms with Gasteiger partial charge in [0.2, 0.25) is 0 Å². The number of esters is 1. The average molecular weight is 245 g/mol. The largest absolute Gasteiger partial charge is 0.550 e. The number of nitrogens with zero attached hydrogens (tertiary/aromatic N) is 1. The Labute approximate surface area is 103 Å². The lowest BCUT2D eigenvalue weighted by atomic mass is 10.3. The topological polar surface area (TPSA) is 66.4 Å². The maximum absolute atomic E-state index is 11.1. The molecule has 0 amide bonds. The van der Waals surface area contributed by atoms with E-state index in [4.69, 9.17) is 4.74 Å². The SMILES string of the molecule is C.C=C(C)C(=O)OCC[N+](C)(C)CCC(=O)[O-]. The lowest BCUT2D eigenvalue weighted by molar-refractivity contribution is -0.890. The van der Waals surface area contributed by atoms with E-state index < -0.39 is 11.9 Å². The second-order valence-corrected chi connectivity index (χ2v) is 4.42. The van der Waals surface area contributed by atoms with Crippen LogP contribution in [0.5, 0.6) is 0 Å². The molecule has 0 rings (SSSR count). The maximum atomic E-state index is 11.1. The van der Waals surface area contributed by atoms with Crippen LogP contribution in [0.4, 0.5) is 0 Å². The molecular formula is C12H23NO4. The van der Waals surface area contributed by atoms with Crippen LogP contribution in [-0.4, -0.2) is 50.2 Å². The number of quaternary nitrogens is 1. The molecule has 5 heteroatoms. The molecule has 0 bridgehead atoms. The molecule has 0 radical (unpaired) electrons. The fourth-order valence-electron chi connectivity index (χ4n) is 1.01. The van der Waals surface area contributed by atoms with E-state index in [1.807, 2.05) is 14.1 Å². The van der Waals surface area contributed by atoms with Crippen LogP contribution >= 0.6 is 0 Å². The summed E-state index contributed by atoms with van der Waals surface area (Å²) in [5, 5.41) is 10.3. The standard InChI is InChI=1S/C11H19NO4.CH4/c1-9(2)11(15)16-8-7-12(3,4)6-5-10(13)14;/h1,5-8H2,2-4H3;1H4. The molecule has 100 valence electrons. The van der Waals surface area contributed by atoms with Gasteiger partial charge in [-0.1, -0.05) is 14.0 Å². The number of hydrogen-bond acceptors (Lipinski definition) is 4. The molecule has 0 heterocycles. The zero-order valence-electron chi connectivity index (χ0n) is 10.1. The molecule has 0 aliphatic heterocycles. The molecule has 0 unspecified atom stereocenters. The van der Waals surface area contributed by atoms with E-state index in [0.717, 1.165) is 0 Å². The number of likely N-dealkylation sites (N-methyl/N-ethyl adjacent to an activating group) is 1. The van der Waals surface area contributed by atoms with E-state index in [9.17, 15) is 14.7 Å². The van der Waals surface area contributed by atoms with E-state index in [0.29, 0.717) is 23.1 Å². The first kappa shape index (κ1) is 18.0. The van der Waals surface area contributed by atoms with Crippen molar-refractivity contribution < 1.29 is 23.9 Å². The van der Waals surface area contributed by atoms with E-state index in [2.05, 4.69) is 6.58 Å². The molecule has 0 saturated heterocycles. The van der Waals surface area contributed by atoms with Crippen LogP contribution in [0.2, 0.25) is 0 Å². The fraction of sp³-hybridized carbons (Fsp3) is 0.667. The Hall–Kier alpha value is -1.36. The van der Waals surface area contributed by atoms with Crippen molar-refractivity contribution in [3.63, 3.8) is 0 Å². The van der Waals surface area contributed by atoms with Crippen molar-refractivity contribution >= 4 is 11.9 Å². The van der Waals surface area contributed by atoms with Gasteiger partial charge in [-0.15, -0.1) is 0 Å². The van der Waals surface area contributed by atoms with Crippen LogP contribution in [0.1, 0.15) is 20.8 Å². The Balaban J connectivity index is 0.